The Morgan fingerprint density at radius 3 is 2.35 bits per heavy atom. The molecule has 0 unspecified atom stereocenters. The Morgan fingerprint density at radius 1 is 1.00 bits per heavy atom. The van der Waals surface area contributed by atoms with Gasteiger partial charge in [0.05, 0.1) is 6.54 Å². The number of para-hydroxylation sites is 2. The summed E-state index contributed by atoms with van der Waals surface area (Å²) in [6, 6.07) is 17.2. The molecule has 0 N–H and O–H groups in total. The summed E-state index contributed by atoms with van der Waals surface area (Å²) in [5, 5.41) is 0. The second-order valence-corrected chi connectivity index (χ2v) is 5.17. The number of aryl methyl sites for hydroxylation is 1. The van der Waals surface area contributed by atoms with Crippen LogP contribution in [-0.2, 0) is 6.54 Å². The van der Waals surface area contributed by atoms with E-state index in [2.05, 4.69) is 89.9 Å². The van der Waals surface area contributed by atoms with Crippen LogP contribution in [-0.4, -0.2) is 18.7 Å². The molecule has 3 nitrogen and oxygen atoms in total. The molecular formula is C17H20N3+. The Bertz CT molecular complexity index is 724. The molecule has 0 atom stereocenters. The minimum atomic E-state index is 0.975. The Morgan fingerprint density at radius 2 is 1.70 bits per heavy atom. The molecule has 0 bridgehead atoms. The van der Waals surface area contributed by atoms with Crippen LogP contribution in [0.4, 0.5) is 5.69 Å². The Hall–Kier alpha value is -2.29. The molecule has 102 valence electrons. The van der Waals surface area contributed by atoms with Crippen molar-refractivity contribution in [2.45, 2.75) is 13.5 Å². The van der Waals surface area contributed by atoms with Gasteiger partial charge in [-0.15, -0.1) is 0 Å². The summed E-state index contributed by atoms with van der Waals surface area (Å²) in [4.78, 5) is 2.11. The van der Waals surface area contributed by atoms with Crippen molar-refractivity contribution in [2.24, 2.45) is 0 Å². The summed E-state index contributed by atoms with van der Waals surface area (Å²) < 4.78 is 4.52. The predicted molar refractivity (Wildman–Crippen MR) is 83.5 cm³/mol. The van der Waals surface area contributed by atoms with Crippen molar-refractivity contribution in [3.05, 3.63) is 54.9 Å². The van der Waals surface area contributed by atoms with Crippen LogP contribution in [0.1, 0.15) is 6.92 Å². The highest BCUT2D eigenvalue weighted by atomic mass is 15.1. The fourth-order valence-electron chi connectivity index (χ4n) is 2.54. The highest BCUT2D eigenvalue weighted by molar-refractivity contribution is 5.74. The average molecular weight is 266 g/mol. The molecule has 0 spiro atoms. The molecule has 0 aliphatic carbocycles. The van der Waals surface area contributed by atoms with Crippen LogP contribution in [0, 0.1) is 0 Å². The van der Waals surface area contributed by atoms with Gasteiger partial charge < -0.3 is 4.90 Å². The zero-order valence-corrected chi connectivity index (χ0v) is 12.2. The quantitative estimate of drug-likeness (QED) is 0.664. The van der Waals surface area contributed by atoms with Crippen molar-refractivity contribution in [3.63, 3.8) is 0 Å². The summed E-state index contributed by atoms with van der Waals surface area (Å²) in [5.41, 5.74) is 4.92. The molecule has 3 rings (SSSR count). The van der Waals surface area contributed by atoms with Gasteiger partial charge in [0, 0.05) is 19.8 Å². The first-order valence-electron chi connectivity index (χ1n) is 6.98. The fraction of sp³-hybridized carbons (Fsp3) is 0.235. The van der Waals surface area contributed by atoms with Crippen LogP contribution in [0.5, 0.6) is 0 Å². The Balaban J connectivity index is 2.14. The van der Waals surface area contributed by atoms with Crippen molar-refractivity contribution >= 4 is 16.7 Å². The van der Waals surface area contributed by atoms with E-state index in [1.807, 2.05) is 0 Å². The van der Waals surface area contributed by atoms with Gasteiger partial charge in [-0.25, -0.2) is 4.57 Å². The van der Waals surface area contributed by atoms with E-state index >= 15 is 0 Å². The number of rotatable bonds is 3. The molecule has 0 amide bonds. The number of anilines is 1. The van der Waals surface area contributed by atoms with Gasteiger partial charge in [0.15, 0.2) is 11.0 Å². The molecule has 0 radical (unpaired) electrons. The van der Waals surface area contributed by atoms with Crippen LogP contribution in [0.25, 0.3) is 16.7 Å². The normalized spacial score (nSPS) is 10.9. The third kappa shape index (κ3) is 2.05. The lowest BCUT2D eigenvalue weighted by molar-refractivity contribution is -0.668. The van der Waals surface area contributed by atoms with Crippen LogP contribution >= 0.6 is 0 Å². The lowest BCUT2D eigenvalue weighted by Crippen LogP contribution is -2.30. The van der Waals surface area contributed by atoms with E-state index in [-0.39, 0.29) is 0 Å². The lowest BCUT2D eigenvalue weighted by Gasteiger charge is -2.11. The van der Waals surface area contributed by atoms with Crippen molar-refractivity contribution in [2.75, 3.05) is 19.0 Å². The van der Waals surface area contributed by atoms with E-state index in [1.165, 1.54) is 22.4 Å². The Labute approximate surface area is 119 Å². The Kier molecular flexibility index (Phi) is 3.18. The maximum Gasteiger partial charge on any atom is 0.249 e. The zero-order chi connectivity index (χ0) is 14.1. The van der Waals surface area contributed by atoms with E-state index in [4.69, 9.17) is 0 Å². The zero-order valence-electron chi connectivity index (χ0n) is 12.2. The first-order chi connectivity index (χ1) is 9.70. The van der Waals surface area contributed by atoms with Gasteiger partial charge in [0.25, 0.3) is 0 Å². The molecule has 1 heterocycles. The lowest BCUT2D eigenvalue weighted by atomic mass is 10.2. The molecule has 0 aliphatic rings. The molecule has 1 aromatic heterocycles. The summed E-state index contributed by atoms with van der Waals surface area (Å²) in [5.74, 6) is 0. The highest BCUT2D eigenvalue weighted by Gasteiger charge is 2.15. The molecule has 0 aliphatic heterocycles. The first kappa shape index (κ1) is 12.7. The van der Waals surface area contributed by atoms with Gasteiger partial charge in [-0.3, -0.25) is 0 Å². The molecule has 20 heavy (non-hydrogen) atoms. The smallest absolute Gasteiger partial charge is 0.249 e. The summed E-state index contributed by atoms with van der Waals surface area (Å²) in [6.07, 6.45) is 2.18. The average Bonchev–Trinajstić information content (AvgIpc) is 2.86. The van der Waals surface area contributed by atoms with Crippen molar-refractivity contribution in [1.82, 2.24) is 4.57 Å². The minimum absolute atomic E-state index is 0.975. The molecule has 0 saturated heterocycles. The van der Waals surface area contributed by atoms with E-state index in [0.717, 1.165) is 6.54 Å². The molecule has 0 saturated carbocycles. The van der Waals surface area contributed by atoms with Crippen LogP contribution in [0.3, 0.4) is 0 Å². The van der Waals surface area contributed by atoms with Crippen molar-refractivity contribution in [1.29, 1.82) is 0 Å². The van der Waals surface area contributed by atoms with E-state index in [9.17, 15) is 0 Å². The van der Waals surface area contributed by atoms with Gasteiger partial charge in [-0.2, -0.15) is 4.57 Å². The summed E-state index contributed by atoms with van der Waals surface area (Å²) in [7, 11) is 4.12. The van der Waals surface area contributed by atoms with Gasteiger partial charge >= 0.3 is 0 Å². The monoisotopic (exact) mass is 266 g/mol. The number of imidazole rings is 1. The van der Waals surface area contributed by atoms with Gasteiger partial charge in [0.2, 0.25) is 6.33 Å². The van der Waals surface area contributed by atoms with Gasteiger partial charge in [-0.1, -0.05) is 12.1 Å². The van der Waals surface area contributed by atoms with Crippen LogP contribution < -0.4 is 9.47 Å². The third-order valence-electron chi connectivity index (χ3n) is 3.69. The van der Waals surface area contributed by atoms with Crippen molar-refractivity contribution in [3.8, 4) is 5.69 Å². The molecule has 0 fully saturated rings. The highest BCUT2D eigenvalue weighted by Crippen LogP contribution is 2.19. The largest absolute Gasteiger partial charge is 0.378 e. The maximum absolute atomic E-state index is 2.27. The summed E-state index contributed by atoms with van der Waals surface area (Å²) in [6.45, 7) is 3.15. The molecular weight excluding hydrogens is 246 g/mol. The van der Waals surface area contributed by atoms with E-state index in [0.29, 0.717) is 0 Å². The number of benzene rings is 2. The second-order valence-electron chi connectivity index (χ2n) is 5.17. The van der Waals surface area contributed by atoms with Crippen molar-refractivity contribution < 1.29 is 4.57 Å². The minimum Gasteiger partial charge on any atom is -0.378 e. The maximum atomic E-state index is 2.27. The number of hydrogen-bond acceptors (Lipinski definition) is 1. The molecule has 3 heteroatoms. The first-order valence-corrected chi connectivity index (χ1v) is 6.98. The SMILES string of the molecule is CC[n+]1cn(-c2ccc(N(C)C)cc2)c2ccccc21. The van der Waals surface area contributed by atoms with E-state index < -0.39 is 0 Å². The van der Waals surface area contributed by atoms with Gasteiger partial charge in [0.1, 0.15) is 5.69 Å². The number of aromatic nitrogens is 2. The predicted octanol–water partition coefficient (Wildman–Crippen LogP) is 3.00. The third-order valence-corrected chi connectivity index (χ3v) is 3.69. The fourth-order valence-corrected chi connectivity index (χ4v) is 2.54. The molecule has 2 aromatic carbocycles. The second kappa shape index (κ2) is 5.00. The van der Waals surface area contributed by atoms with Crippen LogP contribution in [0.15, 0.2) is 54.9 Å². The van der Waals surface area contributed by atoms with Gasteiger partial charge in [-0.05, 0) is 43.3 Å². The summed E-state index contributed by atoms with van der Waals surface area (Å²) >= 11 is 0. The number of hydrogen-bond donors (Lipinski definition) is 0. The van der Waals surface area contributed by atoms with E-state index in [1.54, 1.807) is 0 Å². The molecule has 3 aromatic rings. The van der Waals surface area contributed by atoms with Crippen LogP contribution in [0.2, 0.25) is 0 Å². The standard InChI is InChI=1S/C17H20N3/c1-4-19-13-20(17-8-6-5-7-16(17)19)15-11-9-14(10-12-15)18(2)3/h5-13H,4H2,1-3H3/q+1. The number of fused-ring (bicyclic) bond motifs is 1. The topological polar surface area (TPSA) is 12.0 Å². The number of nitrogens with zero attached hydrogens (tertiary/aromatic N) is 3.